The van der Waals surface area contributed by atoms with Gasteiger partial charge in [-0.15, -0.1) is 0 Å². The van der Waals surface area contributed by atoms with Crippen LogP contribution in [0.15, 0.2) is 48.2 Å². The molecule has 0 aliphatic heterocycles. The van der Waals surface area contributed by atoms with Crippen LogP contribution in [0.5, 0.6) is 0 Å². The van der Waals surface area contributed by atoms with Crippen molar-refractivity contribution < 1.29 is 0 Å². The number of rotatable bonds is 6. The first kappa shape index (κ1) is 17.0. The first-order valence-electron chi connectivity index (χ1n) is 7.21. The molecule has 21 heavy (non-hydrogen) atoms. The fourth-order valence-corrected chi connectivity index (χ4v) is 2.27. The summed E-state index contributed by atoms with van der Waals surface area (Å²) < 4.78 is 0. The Balaban J connectivity index is 3.12. The number of hydrogen-bond acceptors (Lipinski definition) is 2. The van der Waals surface area contributed by atoms with E-state index < -0.39 is 0 Å². The van der Waals surface area contributed by atoms with Crippen LogP contribution in [-0.2, 0) is 0 Å². The van der Waals surface area contributed by atoms with Crippen molar-refractivity contribution in [2.45, 2.75) is 40.0 Å². The maximum absolute atomic E-state index is 7.43. The molecule has 2 nitrogen and oxygen atoms in total. The highest BCUT2D eigenvalue weighted by Gasteiger charge is 2.13. The van der Waals surface area contributed by atoms with Gasteiger partial charge in [0, 0.05) is 18.3 Å². The normalized spacial score (nSPS) is 12.0. The second-order valence-electron chi connectivity index (χ2n) is 5.86. The molecule has 0 aliphatic carbocycles. The smallest absolute Gasteiger partial charge is 0.0230 e. The molecule has 0 heterocycles. The molecule has 0 aromatic heterocycles. The van der Waals surface area contributed by atoms with Gasteiger partial charge in [0.05, 0.1) is 0 Å². The molecule has 0 radical (unpaired) electrons. The summed E-state index contributed by atoms with van der Waals surface area (Å²) in [5.41, 5.74) is 12.7. The van der Waals surface area contributed by atoms with E-state index in [-0.39, 0.29) is 0 Å². The van der Waals surface area contributed by atoms with Crippen LogP contribution in [0.25, 0.3) is 5.57 Å². The van der Waals surface area contributed by atoms with Gasteiger partial charge in [-0.1, -0.05) is 50.8 Å². The lowest BCUT2D eigenvalue weighted by molar-refractivity contribution is 0.860. The van der Waals surface area contributed by atoms with E-state index in [1.165, 1.54) is 17.3 Å². The second kappa shape index (κ2) is 7.07. The van der Waals surface area contributed by atoms with Gasteiger partial charge >= 0.3 is 0 Å². The van der Waals surface area contributed by atoms with Crippen LogP contribution in [0.1, 0.15) is 49.8 Å². The summed E-state index contributed by atoms with van der Waals surface area (Å²) in [5, 5.41) is 7.43. The minimum atomic E-state index is 0.429. The van der Waals surface area contributed by atoms with Gasteiger partial charge in [0.25, 0.3) is 0 Å². The Kier molecular flexibility index (Phi) is 5.71. The monoisotopic (exact) mass is 282 g/mol. The SMILES string of the molecule is C=C(CC(C=N)=C(C)N)C(=C)c1ccc(C)cc1C(C)C. The topological polar surface area (TPSA) is 49.9 Å². The van der Waals surface area contributed by atoms with Crippen molar-refractivity contribution in [2.75, 3.05) is 0 Å². The Morgan fingerprint density at radius 2 is 1.95 bits per heavy atom. The zero-order chi connectivity index (χ0) is 16.2. The largest absolute Gasteiger partial charge is 0.402 e. The molecule has 0 saturated heterocycles. The zero-order valence-corrected chi connectivity index (χ0v) is 13.6. The molecule has 0 atom stereocenters. The summed E-state index contributed by atoms with van der Waals surface area (Å²) in [5.74, 6) is 0.429. The first-order chi connectivity index (χ1) is 9.77. The molecule has 0 saturated carbocycles. The molecule has 1 rings (SSSR count). The van der Waals surface area contributed by atoms with Gasteiger partial charge in [-0.3, -0.25) is 0 Å². The number of nitrogens with one attached hydrogen (secondary N) is 1. The fourth-order valence-electron chi connectivity index (χ4n) is 2.27. The summed E-state index contributed by atoms with van der Waals surface area (Å²) in [6.07, 6.45) is 1.86. The quantitative estimate of drug-likeness (QED) is 0.562. The lowest BCUT2D eigenvalue weighted by Crippen LogP contribution is -2.03. The van der Waals surface area contributed by atoms with Crippen molar-refractivity contribution in [1.82, 2.24) is 0 Å². The molecule has 0 amide bonds. The van der Waals surface area contributed by atoms with Crippen LogP contribution >= 0.6 is 0 Å². The molecule has 2 heteroatoms. The molecule has 0 bridgehead atoms. The van der Waals surface area contributed by atoms with Crippen molar-refractivity contribution in [1.29, 1.82) is 5.41 Å². The summed E-state index contributed by atoms with van der Waals surface area (Å²) in [6.45, 7) is 16.6. The number of nitrogens with two attached hydrogens (primary N) is 1. The maximum atomic E-state index is 7.43. The van der Waals surface area contributed by atoms with Gasteiger partial charge in [-0.05, 0) is 47.6 Å². The molecule has 0 aliphatic rings. The van der Waals surface area contributed by atoms with Gasteiger partial charge in [-0.2, -0.15) is 0 Å². The maximum Gasteiger partial charge on any atom is 0.0230 e. The summed E-state index contributed by atoms with van der Waals surface area (Å²) >= 11 is 0. The minimum absolute atomic E-state index is 0.429. The Hall–Kier alpha value is -2.09. The predicted octanol–water partition coefficient (Wildman–Crippen LogP) is 4.96. The third kappa shape index (κ3) is 4.19. The number of benzene rings is 1. The minimum Gasteiger partial charge on any atom is -0.402 e. The summed E-state index contributed by atoms with van der Waals surface area (Å²) in [4.78, 5) is 0. The molecule has 3 N–H and O–H groups in total. The Bertz CT molecular complexity index is 600. The van der Waals surface area contributed by atoms with E-state index in [9.17, 15) is 0 Å². The highest BCUT2D eigenvalue weighted by molar-refractivity contribution is 5.84. The van der Waals surface area contributed by atoms with E-state index in [4.69, 9.17) is 11.1 Å². The van der Waals surface area contributed by atoms with Crippen molar-refractivity contribution in [3.8, 4) is 0 Å². The third-order valence-corrected chi connectivity index (χ3v) is 3.67. The van der Waals surface area contributed by atoms with Gasteiger partial charge in [-0.25, -0.2) is 0 Å². The Morgan fingerprint density at radius 3 is 2.43 bits per heavy atom. The lowest BCUT2D eigenvalue weighted by atomic mass is 9.87. The van der Waals surface area contributed by atoms with E-state index in [1.54, 1.807) is 0 Å². The van der Waals surface area contributed by atoms with Crippen molar-refractivity contribution in [3.05, 3.63) is 64.9 Å². The molecule has 0 unspecified atom stereocenters. The van der Waals surface area contributed by atoms with E-state index in [1.807, 2.05) is 6.92 Å². The average molecular weight is 282 g/mol. The van der Waals surface area contributed by atoms with Crippen LogP contribution in [0.3, 0.4) is 0 Å². The molecular formula is C19H26N2. The molecule has 1 aromatic carbocycles. The van der Waals surface area contributed by atoms with E-state index in [2.05, 4.69) is 52.1 Å². The van der Waals surface area contributed by atoms with Crippen LogP contribution in [0.4, 0.5) is 0 Å². The number of aryl methyl sites for hydroxylation is 1. The van der Waals surface area contributed by atoms with E-state index in [0.717, 1.165) is 22.3 Å². The summed E-state index contributed by atoms with van der Waals surface area (Å²) in [7, 11) is 0. The van der Waals surface area contributed by atoms with Crippen LogP contribution in [0.2, 0.25) is 0 Å². The predicted molar refractivity (Wildman–Crippen MR) is 93.7 cm³/mol. The summed E-state index contributed by atoms with van der Waals surface area (Å²) in [6, 6.07) is 6.42. The van der Waals surface area contributed by atoms with Crippen LogP contribution < -0.4 is 5.73 Å². The van der Waals surface area contributed by atoms with Crippen molar-refractivity contribution >= 4 is 11.8 Å². The number of hydrogen-bond donors (Lipinski definition) is 2. The van der Waals surface area contributed by atoms with E-state index >= 15 is 0 Å². The van der Waals surface area contributed by atoms with Gasteiger partial charge in [0.1, 0.15) is 0 Å². The first-order valence-corrected chi connectivity index (χ1v) is 7.21. The van der Waals surface area contributed by atoms with Crippen LogP contribution in [-0.4, -0.2) is 6.21 Å². The second-order valence-corrected chi connectivity index (χ2v) is 5.86. The Labute approximate surface area is 128 Å². The highest BCUT2D eigenvalue weighted by atomic mass is 14.6. The molecule has 112 valence electrons. The number of allylic oxidation sites excluding steroid dienone is 4. The van der Waals surface area contributed by atoms with Crippen LogP contribution in [0, 0.1) is 12.3 Å². The molecule has 0 fully saturated rings. The highest BCUT2D eigenvalue weighted by Crippen LogP contribution is 2.31. The molecular weight excluding hydrogens is 256 g/mol. The molecule has 1 aromatic rings. The lowest BCUT2D eigenvalue weighted by Gasteiger charge is -2.18. The van der Waals surface area contributed by atoms with Crippen molar-refractivity contribution in [3.63, 3.8) is 0 Å². The van der Waals surface area contributed by atoms with Crippen molar-refractivity contribution in [2.24, 2.45) is 5.73 Å². The average Bonchev–Trinajstić information content (AvgIpc) is 2.43. The fraction of sp³-hybridized carbons (Fsp3) is 0.316. The molecule has 0 spiro atoms. The standard InChI is InChI=1S/C19H26N2/c1-12(2)19-9-13(3)7-8-18(19)15(5)14(4)10-17(11-20)16(6)21/h7-9,11-12,20H,4-5,10,21H2,1-3,6H3. The van der Waals surface area contributed by atoms with E-state index in [0.29, 0.717) is 18.0 Å². The third-order valence-electron chi connectivity index (χ3n) is 3.67. The van der Waals surface area contributed by atoms with Gasteiger partial charge in [0.15, 0.2) is 0 Å². The van der Waals surface area contributed by atoms with Gasteiger partial charge in [0.2, 0.25) is 0 Å². The zero-order valence-electron chi connectivity index (χ0n) is 13.6. The Morgan fingerprint density at radius 1 is 1.33 bits per heavy atom. The van der Waals surface area contributed by atoms with Gasteiger partial charge < -0.3 is 11.1 Å².